The average Bonchev–Trinajstić information content (AvgIpc) is 2.31. The molecular formula is C15H24BrN3. The summed E-state index contributed by atoms with van der Waals surface area (Å²) >= 11 is 3.64. The van der Waals surface area contributed by atoms with Crippen LogP contribution in [-0.4, -0.2) is 43.2 Å². The van der Waals surface area contributed by atoms with Gasteiger partial charge in [0.1, 0.15) is 0 Å². The molecule has 1 aliphatic heterocycles. The van der Waals surface area contributed by atoms with E-state index in [1.165, 1.54) is 11.3 Å². The third kappa shape index (κ3) is 2.96. The zero-order valence-electron chi connectivity index (χ0n) is 12.3. The topological polar surface area (TPSA) is 32.5 Å². The molecule has 1 heterocycles. The van der Waals surface area contributed by atoms with Crippen LogP contribution in [0, 0.1) is 6.92 Å². The first-order valence-electron chi connectivity index (χ1n) is 6.79. The van der Waals surface area contributed by atoms with Gasteiger partial charge in [0.15, 0.2) is 0 Å². The van der Waals surface area contributed by atoms with Crippen molar-refractivity contribution in [2.75, 3.05) is 31.6 Å². The van der Waals surface area contributed by atoms with Gasteiger partial charge in [0.2, 0.25) is 0 Å². The normalized spacial score (nSPS) is 23.7. The summed E-state index contributed by atoms with van der Waals surface area (Å²) in [6.07, 6.45) is 0. The van der Waals surface area contributed by atoms with Crippen molar-refractivity contribution in [1.29, 1.82) is 0 Å². The summed E-state index contributed by atoms with van der Waals surface area (Å²) in [7, 11) is 2.17. The molecule has 0 bridgehead atoms. The molecule has 0 aromatic heterocycles. The van der Waals surface area contributed by atoms with Crippen LogP contribution in [0.3, 0.4) is 0 Å². The maximum absolute atomic E-state index is 6.00. The van der Waals surface area contributed by atoms with Crippen molar-refractivity contribution in [2.45, 2.75) is 32.4 Å². The van der Waals surface area contributed by atoms with Gasteiger partial charge in [0.25, 0.3) is 0 Å². The van der Waals surface area contributed by atoms with E-state index in [1.54, 1.807) is 0 Å². The van der Waals surface area contributed by atoms with Crippen molar-refractivity contribution < 1.29 is 0 Å². The molecule has 0 radical (unpaired) electrons. The first-order valence-corrected chi connectivity index (χ1v) is 7.58. The summed E-state index contributed by atoms with van der Waals surface area (Å²) in [6.45, 7) is 9.45. The van der Waals surface area contributed by atoms with Crippen molar-refractivity contribution in [3.8, 4) is 0 Å². The number of likely N-dealkylation sites (N-methyl/N-ethyl adjacent to an activating group) is 1. The van der Waals surface area contributed by atoms with E-state index in [0.29, 0.717) is 12.6 Å². The minimum atomic E-state index is 0.0890. The zero-order chi connectivity index (χ0) is 14.2. The Morgan fingerprint density at radius 2 is 2.11 bits per heavy atom. The van der Waals surface area contributed by atoms with Gasteiger partial charge in [-0.3, -0.25) is 0 Å². The van der Waals surface area contributed by atoms with Crippen molar-refractivity contribution in [3.63, 3.8) is 0 Å². The molecule has 106 valence electrons. The number of rotatable bonds is 2. The number of anilines is 1. The minimum absolute atomic E-state index is 0.0890. The van der Waals surface area contributed by atoms with Gasteiger partial charge in [-0.05, 0) is 45.5 Å². The SMILES string of the molecule is Cc1ccc(N2C(CN)CN(C)CC2(C)C)cc1Br. The number of benzene rings is 1. The number of piperazine rings is 1. The minimum Gasteiger partial charge on any atom is -0.360 e. The standard InChI is InChI=1S/C15H24BrN3/c1-11-5-6-12(7-14(11)16)19-13(8-17)9-18(4)10-15(19,2)3/h5-7,13H,8-10,17H2,1-4H3. The molecule has 0 saturated carbocycles. The molecule has 0 amide bonds. The fourth-order valence-electron chi connectivity index (χ4n) is 3.21. The first kappa shape index (κ1) is 14.8. The van der Waals surface area contributed by atoms with Gasteiger partial charge in [-0.1, -0.05) is 22.0 Å². The maximum atomic E-state index is 6.00. The fraction of sp³-hybridized carbons (Fsp3) is 0.600. The third-order valence-corrected chi connectivity index (χ3v) is 4.76. The highest BCUT2D eigenvalue weighted by Gasteiger charge is 2.38. The molecule has 1 aromatic rings. The lowest BCUT2D eigenvalue weighted by Gasteiger charge is -2.52. The molecule has 2 N–H and O–H groups in total. The molecule has 1 fully saturated rings. The number of aryl methyl sites for hydroxylation is 1. The Morgan fingerprint density at radius 1 is 1.42 bits per heavy atom. The molecule has 0 spiro atoms. The van der Waals surface area contributed by atoms with Crippen LogP contribution in [0.5, 0.6) is 0 Å². The predicted octanol–water partition coefficient (Wildman–Crippen LogP) is 2.62. The second kappa shape index (κ2) is 5.43. The second-order valence-electron chi connectivity index (χ2n) is 6.20. The van der Waals surface area contributed by atoms with Crippen LogP contribution in [-0.2, 0) is 0 Å². The Kier molecular flexibility index (Phi) is 4.23. The maximum Gasteiger partial charge on any atom is 0.0545 e. The van der Waals surface area contributed by atoms with E-state index in [4.69, 9.17) is 5.73 Å². The first-order chi connectivity index (χ1) is 8.85. The summed E-state index contributed by atoms with van der Waals surface area (Å²) in [4.78, 5) is 4.86. The Bertz CT molecular complexity index is 459. The quantitative estimate of drug-likeness (QED) is 0.907. The molecule has 1 aliphatic rings. The Labute approximate surface area is 124 Å². The fourth-order valence-corrected chi connectivity index (χ4v) is 3.58. The number of halogens is 1. The molecule has 1 atom stereocenters. The van der Waals surface area contributed by atoms with E-state index in [1.807, 2.05) is 0 Å². The van der Waals surface area contributed by atoms with Crippen molar-refractivity contribution >= 4 is 21.6 Å². The Morgan fingerprint density at radius 3 is 2.68 bits per heavy atom. The van der Waals surface area contributed by atoms with Crippen molar-refractivity contribution in [1.82, 2.24) is 4.90 Å². The Hall–Kier alpha value is -0.580. The van der Waals surface area contributed by atoms with Gasteiger partial charge in [0, 0.05) is 35.3 Å². The highest BCUT2D eigenvalue weighted by molar-refractivity contribution is 9.10. The van der Waals surface area contributed by atoms with Crippen LogP contribution in [0.2, 0.25) is 0 Å². The van der Waals surface area contributed by atoms with Crippen LogP contribution in [0.25, 0.3) is 0 Å². The summed E-state index contributed by atoms with van der Waals surface area (Å²) in [5.74, 6) is 0. The predicted molar refractivity (Wildman–Crippen MR) is 85.8 cm³/mol. The van der Waals surface area contributed by atoms with E-state index in [0.717, 1.165) is 17.6 Å². The summed E-state index contributed by atoms with van der Waals surface area (Å²) < 4.78 is 1.16. The van der Waals surface area contributed by atoms with Gasteiger partial charge in [-0.25, -0.2) is 0 Å². The lowest BCUT2D eigenvalue weighted by Crippen LogP contribution is -2.65. The highest BCUT2D eigenvalue weighted by atomic mass is 79.9. The third-order valence-electron chi connectivity index (χ3n) is 3.90. The molecule has 2 rings (SSSR count). The smallest absolute Gasteiger partial charge is 0.0545 e. The van der Waals surface area contributed by atoms with Crippen LogP contribution in [0.15, 0.2) is 22.7 Å². The molecule has 19 heavy (non-hydrogen) atoms. The van der Waals surface area contributed by atoms with Gasteiger partial charge in [0.05, 0.1) is 6.04 Å². The summed E-state index contributed by atoms with van der Waals surface area (Å²) in [5.41, 5.74) is 8.61. The molecule has 4 heteroatoms. The average molecular weight is 326 g/mol. The van der Waals surface area contributed by atoms with Crippen LogP contribution in [0.4, 0.5) is 5.69 Å². The van der Waals surface area contributed by atoms with E-state index >= 15 is 0 Å². The lowest BCUT2D eigenvalue weighted by atomic mass is 9.93. The molecule has 1 aromatic carbocycles. The number of hydrogen-bond donors (Lipinski definition) is 1. The molecule has 1 unspecified atom stereocenters. The van der Waals surface area contributed by atoms with E-state index in [-0.39, 0.29) is 5.54 Å². The van der Waals surface area contributed by atoms with E-state index in [9.17, 15) is 0 Å². The van der Waals surface area contributed by atoms with E-state index < -0.39 is 0 Å². The van der Waals surface area contributed by atoms with Crippen molar-refractivity contribution in [2.24, 2.45) is 5.73 Å². The zero-order valence-corrected chi connectivity index (χ0v) is 13.9. The molecule has 1 saturated heterocycles. The van der Waals surface area contributed by atoms with Crippen molar-refractivity contribution in [3.05, 3.63) is 28.2 Å². The second-order valence-corrected chi connectivity index (χ2v) is 7.06. The van der Waals surface area contributed by atoms with Gasteiger partial charge >= 0.3 is 0 Å². The summed E-state index contributed by atoms with van der Waals surface area (Å²) in [6, 6.07) is 6.95. The van der Waals surface area contributed by atoms with E-state index in [2.05, 4.69) is 71.7 Å². The monoisotopic (exact) mass is 325 g/mol. The summed E-state index contributed by atoms with van der Waals surface area (Å²) in [5, 5.41) is 0. The largest absolute Gasteiger partial charge is 0.360 e. The van der Waals surface area contributed by atoms with Crippen LogP contribution >= 0.6 is 15.9 Å². The van der Waals surface area contributed by atoms with Gasteiger partial charge < -0.3 is 15.5 Å². The molecule has 0 aliphatic carbocycles. The van der Waals surface area contributed by atoms with Gasteiger partial charge in [-0.2, -0.15) is 0 Å². The van der Waals surface area contributed by atoms with Gasteiger partial charge in [-0.15, -0.1) is 0 Å². The number of hydrogen-bond acceptors (Lipinski definition) is 3. The highest BCUT2D eigenvalue weighted by Crippen LogP contribution is 2.33. The van der Waals surface area contributed by atoms with Crippen LogP contribution in [0.1, 0.15) is 19.4 Å². The lowest BCUT2D eigenvalue weighted by molar-refractivity contribution is 0.182. The Balaban J connectivity index is 2.40. The number of nitrogens with zero attached hydrogens (tertiary/aromatic N) is 2. The van der Waals surface area contributed by atoms with Crippen LogP contribution < -0.4 is 10.6 Å². The number of nitrogens with two attached hydrogens (primary N) is 1. The molecular weight excluding hydrogens is 302 g/mol. The molecule has 3 nitrogen and oxygen atoms in total.